The number of hydrogen-bond acceptors (Lipinski definition) is 3. The lowest BCUT2D eigenvalue weighted by molar-refractivity contribution is 0.475. The van der Waals surface area contributed by atoms with Crippen LogP contribution in [0.4, 0.5) is 0 Å². The predicted octanol–water partition coefficient (Wildman–Crippen LogP) is 2.72. The number of benzene rings is 1. The monoisotopic (exact) mass is 277 g/mol. The maximum Gasteiger partial charge on any atom is 0.261 e. The van der Waals surface area contributed by atoms with E-state index in [4.69, 9.17) is 0 Å². The number of pyridine rings is 1. The topological polar surface area (TPSA) is 47.8 Å². The summed E-state index contributed by atoms with van der Waals surface area (Å²) in [5.41, 5.74) is 3.27. The average molecular weight is 277 g/mol. The molecule has 1 unspecified atom stereocenters. The highest BCUT2D eigenvalue weighted by atomic mass is 16.1. The van der Waals surface area contributed by atoms with Crippen LogP contribution in [-0.2, 0) is 6.42 Å². The molecule has 1 aliphatic carbocycles. The second kappa shape index (κ2) is 4.81. The van der Waals surface area contributed by atoms with Gasteiger partial charge in [-0.1, -0.05) is 24.3 Å². The fraction of sp³-hybridized carbons (Fsp3) is 0.235. The van der Waals surface area contributed by atoms with Crippen LogP contribution in [-0.4, -0.2) is 14.5 Å². The van der Waals surface area contributed by atoms with Gasteiger partial charge in [-0.2, -0.15) is 0 Å². The van der Waals surface area contributed by atoms with E-state index in [9.17, 15) is 4.79 Å². The Bertz CT molecular complexity index is 869. The lowest BCUT2D eigenvalue weighted by atomic mass is 9.87. The standard InChI is InChI=1S/C17H15N3O/c21-17-14-8-9-18-10-15(14)19-11-20(17)16-7-3-5-12-4-1-2-6-13(12)16/h1-2,4,6,8-11,16H,3,5,7H2. The van der Waals surface area contributed by atoms with E-state index in [0.29, 0.717) is 10.9 Å². The van der Waals surface area contributed by atoms with Crippen molar-refractivity contribution in [1.29, 1.82) is 0 Å². The van der Waals surface area contributed by atoms with Crippen LogP contribution in [0.5, 0.6) is 0 Å². The van der Waals surface area contributed by atoms with E-state index in [0.717, 1.165) is 19.3 Å². The highest BCUT2D eigenvalue weighted by molar-refractivity contribution is 5.75. The van der Waals surface area contributed by atoms with Crippen molar-refractivity contribution in [2.24, 2.45) is 0 Å². The minimum absolute atomic E-state index is 0.0177. The van der Waals surface area contributed by atoms with E-state index in [1.165, 1.54) is 11.1 Å². The van der Waals surface area contributed by atoms with Gasteiger partial charge in [-0.05, 0) is 36.5 Å². The molecule has 0 spiro atoms. The Kier molecular flexibility index (Phi) is 2.81. The summed E-state index contributed by atoms with van der Waals surface area (Å²) in [6.07, 6.45) is 8.11. The summed E-state index contributed by atoms with van der Waals surface area (Å²) in [4.78, 5) is 21.1. The smallest absolute Gasteiger partial charge is 0.261 e. The van der Waals surface area contributed by atoms with Crippen LogP contribution in [0, 0.1) is 0 Å². The van der Waals surface area contributed by atoms with Crippen molar-refractivity contribution < 1.29 is 0 Å². The molecule has 0 aliphatic heterocycles. The van der Waals surface area contributed by atoms with Crippen molar-refractivity contribution in [3.63, 3.8) is 0 Å². The molecule has 0 saturated carbocycles. The molecule has 3 aromatic rings. The molecule has 2 heterocycles. The third kappa shape index (κ3) is 1.95. The summed E-state index contributed by atoms with van der Waals surface area (Å²) in [6, 6.07) is 10.2. The number of hydrogen-bond donors (Lipinski definition) is 0. The van der Waals surface area contributed by atoms with Crippen LogP contribution >= 0.6 is 0 Å². The fourth-order valence-corrected chi connectivity index (χ4v) is 3.23. The summed E-state index contributed by atoms with van der Waals surface area (Å²) >= 11 is 0. The maximum absolute atomic E-state index is 12.7. The Labute approximate surface area is 122 Å². The summed E-state index contributed by atoms with van der Waals surface area (Å²) in [6.45, 7) is 0. The van der Waals surface area contributed by atoms with Gasteiger partial charge in [0, 0.05) is 6.20 Å². The van der Waals surface area contributed by atoms with Gasteiger partial charge in [-0.25, -0.2) is 4.98 Å². The number of aromatic nitrogens is 3. The number of fused-ring (bicyclic) bond motifs is 2. The van der Waals surface area contributed by atoms with Crippen LogP contribution in [0.15, 0.2) is 53.8 Å². The van der Waals surface area contributed by atoms with Crippen LogP contribution < -0.4 is 5.56 Å². The van der Waals surface area contributed by atoms with Gasteiger partial charge in [0.05, 0.1) is 29.5 Å². The van der Waals surface area contributed by atoms with E-state index in [1.54, 1.807) is 29.4 Å². The molecule has 2 aromatic heterocycles. The molecule has 1 aromatic carbocycles. The predicted molar refractivity (Wildman–Crippen MR) is 81.3 cm³/mol. The van der Waals surface area contributed by atoms with Crippen LogP contribution in [0.3, 0.4) is 0 Å². The fourth-order valence-electron chi connectivity index (χ4n) is 3.23. The lowest BCUT2D eigenvalue weighted by Crippen LogP contribution is -2.28. The van der Waals surface area contributed by atoms with Crippen LogP contribution in [0.1, 0.15) is 30.0 Å². The molecule has 1 aliphatic rings. The second-order valence-electron chi connectivity index (χ2n) is 5.46. The largest absolute Gasteiger partial charge is 0.291 e. The lowest BCUT2D eigenvalue weighted by Gasteiger charge is -2.27. The second-order valence-corrected chi connectivity index (χ2v) is 5.46. The minimum atomic E-state index is 0.0177. The van der Waals surface area contributed by atoms with Crippen LogP contribution in [0.2, 0.25) is 0 Å². The molecule has 0 N–H and O–H groups in total. The summed E-state index contributed by atoms with van der Waals surface area (Å²) < 4.78 is 1.78. The molecule has 0 saturated heterocycles. The van der Waals surface area contributed by atoms with Crippen molar-refractivity contribution >= 4 is 10.9 Å². The number of nitrogens with zero attached hydrogens (tertiary/aromatic N) is 3. The van der Waals surface area contributed by atoms with Crippen molar-refractivity contribution in [2.45, 2.75) is 25.3 Å². The van der Waals surface area contributed by atoms with Crippen molar-refractivity contribution in [1.82, 2.24) is 14.5 Å². The average Bonchev–Trinajstić information content (AvgIpc) is 2.55. The van der Waals surface area contributed by atoms with E-state index in [-0.39, 0.29) is 11.6 Å². The number of rotatable bonds is 1. The highest BCUT2D eigenvalue weighted by Crippen LogP contribution is 2.31. The van der Waals surface area contributed by atoms with Gasteiger partial charge in [0.15, 0.2) is 0 Å². The van der Waals surface area contributed by atoms with Gasteiger partial charge in [0.2, 0.25) is 0 Å². The molecule has 21 heavy (non-hydrogen) atoms. The van der Waals surface area contributed by atoms with E-state index >= 15 is 0 Å². The van der Waals surface area contributed by atoms with E-state index < -0.39 is 0 Å². The number of aryl methyl sites for hydroxylation is 1. The van der Waals surface area contributed by atoms with Gasteiger partial charge in [0.1, 0.15) is 0 Å². The molecule has 0 radical (unpaired) electrons. The molecule has 1 atom stereocenters. The third-order valence-electron chi connectivity index (χ3n) is 4.26. The van der Waals surface area contributed by atoms with Gasteiger partial charge >= 0.3 is 0 Å². The first-order chi connectivity index (χ1) is 10.3. The first-order valence-electron chi connectivity index (χ1n) is 7.23. The molecule has 4 heteroatoms. The zero-order valence-corrected chi connectivity index (χ0v) is 11.6. The van der Waals surface area contributed by atoms with Crippen molar-refractivity contribution in [3.8, 4) is 0 Å². The normalized spacial score (nSPS) is 17.6. The zero-order valence-electron chi connectivity index (χ0n) is 11.6. The van der Waals surface area contributed by atoms with Crippen molar-refractivity contribution in [2.75, 3.05) is 0 Å². The summed E-state index contributed by atoms with van der Waals surface area (Å²) in [5.74, 6) is 0. The van der Waals surface area contributed by atoms with Gasteiger partial charge in [-0.15, -0.1) is 0 Å². The minimum Gasteiger partial charge on any atom is -0.291 e. The molecular formula is C17H15N3O. The summed E-state index contributed by atoms with van der Waals surface area (Å²) in [5, 5.41) is 0.635. The van der Waals surface area contributed by atoms with Crippen molar-refractivity contribution in [3.05, 3.63) is 70.5 Å². The molecule has 4 rings (SSSR count). The van der Waals surface area contributed by atoms with Gasteiger partial charge in [0.25, 0.3) is 5.56 Å². The SMILES string of the molecule is O=c1c2ccncc2ncn1C1CCCc2ccccc21. The Morgan fingerprint density at radius 3 is 3.05 bits per heavy atom. The Hall–Kier alpha value is -2.49. The zero-order chi connectivity index (χ0) is 14.2. The molecule has 0 amide bonds. The van der Waals surface area contributed by atoms with Gasteiger partial charge < -0.3 is 0 Å². The molecule has 4 nitrogen and oxygen atoms in total. The first-order valence-corrected chi connectivity index (χ1v) is 7.23. The van der Waals surface area contributed by atoms with Crippen LogP contribution in [0.25, 0.3) is 10.9 Å². The molecule has 104 valence electrons. The molecular weight excluding hydrogens is 262 g/mol. The Morgan fingerprint density at radius 2 is 2.10 bits per heavy atom. The first kappa shape index (κ1) is 12.3. The molecule has 0 bridgehead atoms. The summed E-state index contributed by atoms with van der Waals surface area (Å²) in [7, 11) is 0. The third-order valence-corrected chi connectivity index (χ3v) is 4.26. The van der Waals surface area contributed by atoms with E-state index in [2.05, 4.69) is 28.2 Å². The maximum atomic E-state index is 12.7. The Balaban J connectivity index is 1.92. The molecule has 0 fully saturated rings. The quantitative estimate of drug-likeness (QED) is 0.687. The van der Waals surface area contributed by atoms with E-state index in [1.807, 2.05) is 6.07 Å². The highest BCUT2D eigenvalue weighted by Gasteiger charge is 2.22. The van der Waals surface area contributed by atoms with Gasteiger partial charge in [-0.3, -0.25) is 14.3 Å². The Morgan fingerprint density at radius 1 is 1.19 bits per heavy atom.